The molecule has 0 aliphatic heterocycles. The van der Waals surface area contributed by atoms with E-state index >= 15 is 0 Å². The van der Waals surface area contributed by atoms with E-state index in [1.54, 1.807) is 6.33 Å². The van der Waals surface area contributed by atoms with Crippen molar-refractivity contribution in [3.05, 3.63) is 46.8 Å². The van der Waals surface area contributed by atoms with Crippen LogP contribution in [0, 0.1) is 0 Å². The number of benzene rings is 1. The first kappa shape index (κ1) is 13.1. The van der Waals surface area contributed by atoms with Crippen LogP contribution in [-0.4, -0.2) is 26.3 Å². The molecule has 2 heterocycles. The van der Waals surface area contributed by atoms with Gasteiger partial charge in [-0.15, -0.1) is 0 Å². The molecule has 0 saturated heterocycles. The number of fused-ring (bicyclic) bond motifs is 1. The lowest BCUT2D eigenvalue weighted by Crippen LogP contribution is -2.04. The van der Waals surface area contributed by atoms with E-state index in [1.807, 2.05) is 29.9 Å². The molecule has 5 nitrogen and oxygen atoms in total. The maximum atomic E-state index is 4.42. The van der Waals surface area contributed by atoms with Crippen molar-refractivity contribution in [2.45, 2.75) is 13.5 Å². The molecule has 0 spiro atoms. The zero-order valence-corrected chi connectivity index (χ0v) is 12.6. The van der Waals surface area contributed by atoms with Crippen LogP contribution in [0.1, 0.15) is 12.5 Å². The molecule has 0 bridgehead atoms. The number of nitrogens with zero attached hydrogens (tertiary/aromatic N) is 4. The smallest absolute Gasteiger partial charge is 0.163 e. The predicted molar refractivity (Wildman–Crippen MR) is 82.7 cm³/mol. The number of anilines is 1. The van der Waals surface area contributed by atoms with Crippen molar-refractivity contribution in [3.8, 4) is 0 Å². The van der Waals surface area contributed by atoms with Crippen molar-refractivity contribution < 1.29 is 0 Å². The molecule has 0 aliphatic rings. The summed E-state index contributed by atoms with van der Waals surface area (Å²) in [5.74, 6) is 0.831. The highest BCUT2D eigenvalue weighted by Crippen LogP contribution is 2.20. The van der Waals surface area contributed by atoms with Crippen LogP contribution in [0.4, 0.5) is 5.82 Å². The molecule has 0 unspecified atom stereocenters. The van der Waals surface area contributed by atoms with E-state index in [2.05, 4.69) is 48.4 Å². The van der Waals surface area contributed by atoms with Gasteiger partial charge in [-0.05, 0) is 24.6 Å². The normalized spacial score (nSPS) is 10.9. The second kappa shape index (κ2) is 5.58. The fourth-order valence-electron chi connectivity index (χ4n) is 2.13. The lowest BCUT2D eigenvalue weighted by atomic mass is 10.2. The zero-order valence-electron chi connectivity index (χ0n) is 11.0. The molecule has 0 amide bonds. The molecule has 2 aromatic heterocycles. The van der Waals surface area contributed by atoms with Gasteiger partial charge in [0.25, 0.3) is 0 Å². The number of nitrogens with one attached hydrogen (secondary N) is 1. The van der Waals surface area contributed by atoms with E-state index in [0.29, 0.717) is 6.54 Å². The molecule has 0 fully saturated rings. The van der Waals surface area contributed by atoms with Gasteiger partial charge in [0.15, 0.2) is 5.65 Å². The van der Waals surface area contributed by atoms with E-state index in [9.17, 15) is 0 Å². The SMILES string of the molecule is CCNc1ncnc2c1cnn2Cc1cccc(Br)c1. The monoisotopic (exact) mass is 331 g/mol. The van der Waals surface area contributed by atoms with E-state index in [0.717, 1.165) is 27.9 Å². The van der Waals surface area contributed by atoms with Crippen molar-refractivity contribution in [1.82, 2.24) is 19.7 Å². The highest BCUT2D eigenvalue weighted by molar-refractivity contribution is 9.10. The molecule has 1 aromatic carbocycles. The van der Waals surface area contributed by atoms with E-state index in [-0.39, 0.29) is 0 Å². The van der Waals surface area contributed by atoms with Crippen LogP contribution < -0.4 is 5.32 Å². The standard InChI is InChI=1S/C14H14BrN5/c1-2-16-13-12-7-19-20(14(12)18-9-17-13)8-10-4-3-5-11(15)6-10/h3-7,9H,2,8H2,1H3,(H,16,17,18). The summed E-state index contributed by atoms with van der Waals surface area (Å²) in [4.78, 5) is 8.59. The first-order chi connectivity index (χ1) is 9.78. The molecule has 102 valence electrons. The number of aromatic nitrogens is 4. The molecule has 0 aliphatic carbocycles. The highest BCUT2D eigenvalue weighted by atomic mass is 79.9. The highest BCUT2D eigenvalue weighted by Gasteiger charge is 2.09. The molecule has 6 heteroatoms. The maximum absolute atomic E-state index is 4.42. The van der Waals surface area contributed by atoms with Crippen LogP contribution in [0.2, 0.25) is 0 Å². The van der Waals surface area contributed by atoms with E-state index in [4.69, 9.17) is 0 Å². The molecule has 1 N–H and O–H groups in total. The summed E-state index contributed by atoms with van der Waals surface area (Å²) < 4.78 is 2.95. The average molecular weight is 332 g/mol. The Balaban J connectivity index is 1.98. The van der Waals surface area contributed by atoms with Crippen LogP contribution in [-0.2, 0) is 6.54 Å². The van der Waals surface area contributed by atoms with Gasteiger partial charge in [0, 0.05) is 11.0 Å². The van der Waals surface area contributed by atoms with Crippen molar-refractivity contribution in [3.63, 3.8) is 0 Å². The van der Waals surface area contributed by atoms with Gasteiger partial charge in [-0.3, -0.25) is 0 Å². The maximum Gasteiger partial charge on any atom is 0.163 e. The van der Waals surface area contributed by atoms with Gasteiger partial charge in [0.1, 0.15) is 12.1 Å². The Labute approximate surface area is 125 Å². The molecule has 20 heavy (non-hydrogen) atoms. The summed E-state index contributed by atoms with van der Waals surface area (Å²) in [5, 5.41) is 8.60. The molecule has 3 aromatic rings. The van der Waals surface area contributed by atoms with Gasteiger partial charge in [-0.25, -0.2) is 14.6 Å². The summed E-state index contributed by atoms with van der Waals surface area (Å²) in [7, 11) is 0. The Bertz CT molecular complexity index is 737. The van der Waals surface area contributed by atoms with E-state index < -0.39 is 0 Å². The van der Waals surface area contributed by atoms with Crippen LogP contribution >= 0.6 is 15.9 Å². The Morgan fingerprint density at radius 1 is 1.30 bits per heavy atom. The minimum Gasteiger partial charge on any atom is -0.370 e. The Morgan fingerprint density at radius 2 is 2.20 bits per heavy atom. The van der Waals surface area contributed by atoms with Crippen LogP contribution in [0.15, 0.2) is 41.3 Å². The lowest BCUT2D eigenvalue weighted by Gasteiger charge is -2.05. The van der Waals surface area contributed by atoms with Crippen molar-refractivity contribution >= 4 is 32.8 Å². The van der Waals surface area contributed by atoms with Gasteiger partial charge in [0.2, 0.25) is 0 Å². The topological polar surface area (TPSA) is 55.6 Å². The average Bonchev–Trinajstić information content (AvgIpc) is 2.84. The number of halogens is 1. The Hall–Kier alpha value is -1.95. The third-order valence-corrected chi connectivity index (χ3v) is 3.49. The number of rotatable bonds is 4. The molecule has 0 saturated carbocycles. The van der Waals surface area contributed by atoms with Crippen molar-refractivity contribution in [2.75, 3.05) is 11.9 Å². The minimum atomic E-state index is 0.686. The fourth-order valence-corrected chi connectivity index (χ4v) is 2.57. The third kappa shape index (κ3) is 2.51. The summed E-state index contributed by atoms with van der Waals surface area (Å²) >= 11 is 3.48. The molecule has 0 atom stereocenters. The second-order valence-corrected chi connectivity index (χ2v) is 5.34. The molecule has 0 radical (unpaired) electrons. The Kier molecular flexibility index (Phi) is 3.64. The summed E-state index contributed by atoms with van der Waals surface area (Å²) in [6, 6.07) is 8.19. The third-order valence-electron chi connectivity index (χ3n) is 3.00. The van der Waals surface area contributed by atoms with Crippen molar-refractivity contribution in [1.29, 1.82) is 0 Å². The lowest BCUT2D eigenvalue weighted by molar-refractivity contribution is 0.703. The zero-order chi connectivity index (χ0) is 13.9. The predicted octanol–water partition coefficient (Wildman–Crippen LogP) is 3.07. The van der Waals surface area contributed by atoms with Gasteiger partial charge < -0.3 is 5.32 Å². The van der Waals surface area contributed by atoms with Crippen LogP contribution in [0.25, 0.3) is 11.0 Å². The van der Waals surface area contributed by atoms with Crippen LogP contribution in [0.5, 0.6) is 0 Å². The molecular weight excluding hydrogens is 318 g/mol. The number of hydrogen-bond acceptors (Lipinski definition) is 4. The van der Waals surface area contributed by atoms with E-state index in [1.165, 1.54) is 5.56 Å². The quantitative estimate of drug-likeness (QED) is 0.798. The minimum absolute atomic E-state index is 0.686. The second-order valence-electron chi connectivity index (χ2n) is 4.42. The summed E-state index contributed by atoms with van der Waals surface area (Å²) in [6.07, 6.45) is 3.38. The first-order valence-electron chi connectivity index (χ1n) is 6.42. The first-order valence-corrected chi connectivity index (χ1v) is 7.22. The van der Waals surface area contributed by atoms with Crippen LogP contribution in [0.3, 0.4) is 0 Å². The van der Waals surface area contributed by atoms with Gasteiger partial charge in [-0.2, -0.15) is 5.10 Å². The fraction of sp³-hybridized carbons (Fsp3) is 0.214. The van der Waals surface area contributed by atoms with Crippen molar-refractivity contribution in [2.24, 2.45) is 0 Å². The van der Waals surface area contributed by atoms with Gasteiger partial charge in [0.05, 0.1) is 18.1 Å². The Morgan fingerprint density at radius 3 is 3.00 bits per heavy atom. The molecule has 3 rings (SSSR count). The molecular formula is C14H14BrN5. The van der Waals surface area contributed by atoms with Gasteiger partial charge >= 0.3 is 0 Å². The number of hydrogen-bond donors (Lipinski definition) is 1. The largest absolute Gasteiger partial charge is 0.370 e. The van der Waals surface area contributed by atoms with Gasteiger partial charge in [-0.1, -0.05) is 28.1 Å². The summed E-state index contributed by atoms with van der Waals surface area (Å²) in [6.45, 7) is 3.55. The summed E-state index contributed by atoms with van der Waals surface area (Å²) in [5.41, 5.74) is 2.02.